The fourth-order valence-corrected chi connectivity index (χ4v) is 3.74. The Balaban J connectivity index is 2.22. The van der Waals surface area contributed by atoms with E-state index >= 15 is 0 Å². The first kappa shape index (κ1) is 19.5. The largest absolute Gasteiger partial charge is 0.610 e. The number of benzene rings is 1. The number of rotatable bonds is 4. The summed E-state index contributed by atoms with van der Waals surface area (Å²) in [4.78, 5) is 12.7. The molecule has 0 saturated carbocycles. The molecule has 1 saturated heterocycles. The van der Waals surface area contributed by atoms with Crippen molar-refractivity contribution in [1.29, 1.82) is 5.41 Å². The van der Waals surface area contributed by atoms with Crippen LogP contribution in [-0.4, -0.2) is 40.1 Å². The van der Waals surface area contributed by atoms with Crippen molar-refractivity contribution < 1.29 is 18.5 Å². The third-order valence-electron chi connectivity index (χ3n) is 4.03. The van der Waals surface area contributed by atoms with Crippen LogP contribution in [0.2, 0.25) is 0 Å². The first-order chi connectivity index (χ1) is 11.6. The molecule has 1 fully saturated rings. The molecule has 0 aromatic heterocycles. The van der Waals surface area contributed by atoms with Gasteiger partial charge in [0.2, 0.25) is 5.04 Å². The minimum absolute atomic E-state index is 0.0844. The number of hydrogen-bond acceptors (Lipinski definition) is 5. The molecule has 2 atom stereocenters. The first-order valence-corrected chi connectivity index (χ1v) is 9.22. The Morgan fingerprint density at radius 2 is 2.20 bits per heavy atom. The molecule has 25 heavy (non-hydrogen) atoms. The maximum atomic E-state index is 13.8. The summed E-state index contributed by atoms with van der Waals surface area (Å²) >= 11 is -1.57. The van der Waals surface area contributed by atoms with Crippen molar-refractivity contribution in [3.05, 3.63) is 29.6 Å². The molecule has 0 radical (unpaired) electrons. The van der Waals surface area contributed by atoms with Gasteiger partial charge in [0.1, 0.15) is 10.6 Å². The van der Waals surface area contributed by atoms with E-state index in [9.17, 15) is 13.7 Å². The quantitative estimate of drug-likeness (QED) is 0.484. The van der Waals surface area contributed by atoms with Gasteiger partial charge in [0, 0.05) is 30.2 Å². The van der Waals surface area contributed by atoms with Crippen molar-refractivity contribution in [3.8, 4) is 0 Å². The first-order valence-electron chi connectivity index (χ1n) is 8.07. The summed E-state index contributed by atoms with van der Waals surface area (Å²) in [7, 11) is 0. The number of carbonyl (C=O) groups excluding carboxylic acids is 1. The van der Waals surface area contributed by atoms with Crippen LogP contribution in [0.5, 0.6) is 0 Å². The lowest BCUT2D eigenvalue weighted by molar-refractivity contribution is 0.140. The van der Waals surface area contributed by atoms with Gasteiger partial charge in [-0.15, -0.1) is 0 Å². The minimum atomic E-state index is -1.57. The summed E-state index contributed by atoms with van der Waals surface area (Å²) in [6.07, 6.45) is -0.0111. The van der Waals surface area contributed by atoms with Crippen molar-refractivity contribution in [3.63, 3.8) is 0 Å². The number of hydrogen-bond donors (Lipinski definition) is 2. The number of halogens is 1. The van der Waals surface area contributed by atoms with Crippen LogP contribution < -0.4 is 10.6 Å². The van der Waals surface area contributed by atoms with E-state index in [1.807, 2.05) is 4.90 Å². The molecule has 1 unspecified atom stereocenters. The number of nitrogens with two attached hydrogens (primary N) is 1. The van der Waals surface area contributed by atoms with Gasteiger partial charge in [-0.05, 0) is 45.4 Å². The SMILES string of the molecule is CC(C)(C)[S@@+]([O-])C(=N)c1cc(F)ccc1N1CCC(COC(N)=O)C1. The summed E-state index contributed by atoms with van der Waals surface area (Å²) in [6, 6.07) is 4.20. The molecule has 0 bridgehead atoms. The van der Waals surface area contributed by atoms with Crippen LogP contribution >= 0.6 is 0 Å². The fraction of sp³-hybridized carbons (Fsp3) is 0.529. The van der Waals surface area contributed by atoms with Gasteiger partial charge in [-0.1, -0.05) is 0 Å². The van der Waals surface area contributed by atoms with Gasteiger partial charge >= 0.3 is 6.09 Å². The van der Waals surface area contributed by atoms with E-state index in [0.29, 0.717) is 24.3 Å². The molecule has 0 aliphatic carbocycles. The van der Waals surface area contributed by atoms with Gasteiger partial charge in [-0.3, -0.25) is 5.41 Å². The van der Waals surface area contributed by atoms with Crippen LogP contribution in [0.25, 0.3) is 0 Å². The van der Waals surface area contributed by atoms with Gasteiger partial charge in [-0.2, -0.15) is 0 Å². The normalized spacial score (nSPS) is 18.9. The van der Waals surface area contributed by atoms with Crippen molar-refractivity contribution in [2.45, 2.75) is 31.9 Å². The fourth-order valence-electron chi connectivity index (χ4n) is 2.76. The number of primary amides is 1. The standard InChI is InChI=1S/C17H24FN3O3S/c1-17(2,3)25(23)15(19)13-8-12(18)4-5-14(13)21-7-6-11(9-21)10-24-16(20)22/h4-5,8,11,19H,6-7,9-10H2,1-3H3,(H2,20,22)/t11?,25-/m0/s1. The number of nitrogens with zero attached hydrogens (tertiary/aromatic N) is 1. The van der Waals surface area contributed by atoms with Crippen LogP contribution in [-0.2, 0) is 15.9 Å². The van der Waals surface area contributed by atoms with Crippen LogP contribution in [0.4, 0.5) is 14.9 Å². The van der Waals surface area contributed by atoms with Crippen molar-refractivity contribution >= 4 is 28.0 Å². The second kappa shape index (κ2) is 7.61. The summed E-state index contributed by atoms with van der Waals surface area (Å²) in [6.45, 7) is 6.85. The highest BCUT2D eigenvalue weighted by Gasteiger charge is 2.35. The predicted octanol–water partition coefficient (Wildman–Crippen LogP) is 2.62. The molecule has 8 heteroatoms. The lowest BCUT2D eigenvalue weighted by Crippen LogP contribution is -2.35. The molecule has 1 aliphatic heterocycles. The van der Waals surface area contributed by atoms with Gasteiger partial charge in [0.15, 0.2) is 0 Å². The summed E-state index contributed by atoms with van der Waals surface area (Å²) < 4.78 is 30.6. The van der Waals surface area contributed by atoms with E-state index in [0.717, 1.165) is 6.42 Å². The average Bonchev–Trinajstić information content (AvgIpc) is 2.99. The molecule has 1 amide bonds. The lowest BCUT2D eigenvalue weighted by Gasteiger charge is -2.27. The summed E-state index contributed by atoms with van der Waals surface area (Å²) in [5.41, 5.74) is 6.00. The second-order valence-electron chi connectivity index (χ2n) is 7.10. The van der Waals surface area contributed by atoms with Gasteiger partial charge < -0.3 is 19.9 Å². The number of carbonyl (C=O) groups is 1. The van der Waals surface area contributed by atoms with Crippen molar-refractivity contribution in [1.82, 2.24) is 0 Å². The Morgan fingerprint density at radius 1 is 1.52 bits per heavy atom. The number of ether oxygens (including phenoxy) is 1. The van der Waals surface area contributed by atoms with E-state index in [2.05, 4.69) is 0 Å². The van der Waals surface area contributed by atoms with E-state index in [-0.39, 0.29) is 17.6 Å². The van der Waals surface area contributed by atoms with Crippen LogP contribution in [0.1, 0.15) is 32.8 Å². The third-order valence-corrected chi connectivity index (χ3v) is 5.74. The molecule has 0 spiro atoms. The van der Waals surface area contributed by atoms with E-state index in [1.54, 1.807) is 26.8 Å². The maximum absolute atomic E-state index is 13.8. The van der Waals surface area contributed by atoms with Crippen molar-refractivity contribution in [2.75, 3.05) is 24.6 Å². The van der Waals surface area contributed by atoms with Crippen LogP contribution in [0.15, 0.2) is 18.2 Å². The van der Waals surface area contributed by atoms with Gasteiger partial charge in [-0.25, -0.2) is 9.18 Å². The van der Waals surface area contributed by atoms with Crippen molar-refractivity contribution in [2.24, 2.45) is 11.7 Å². The zero-order valence-electron chi connectivity index (χ0n) is 14.7. The van der Waals surface area contributed by atoms with E-state index in [4.69, 9.17) is 15.9 Å². The Labute approximate surface area is 150 Å². The Bertz CT molecular complexity index is 663. The van der Waals surface area contributed by atoms with Crippen LogP contribution in [0.3, 0.4) is 0 Å². The number of anilines is 1. The monoisotopic (exact) mass is 369 g/mol. The second-order valence-corrected chi connectivity index (χ2v) is 9.27. The summed E-state index contributed by atoms with van der Waals surface area (Å²) in [5, 5.41) is 8.22. The Kier molecular flexibility index (Phi) is 5.95. The molecular weight excluding hydrogens is 345 g/mol. The third kappa shape index (κ3) is 4.85. The van der Waals surface area contributed by atoms with Gasteiger partial charge in [0.05, 0.1) is 17.9 Å². The molecule has 1 aliphatic rings. The Morgan fingerprint density at radius 3 is 2.80 bits per heavy atom. The molecule has 3 N–H and O–H groups in total. The molecule has 2 rings (SSSR count). The molecule has 1 aromatic carbocycles. The molecule has 138 valence electrons. The highest BCUT2D eigenvalue weighted by Crippen LogP contribution is 2.31. The molecule has 1 aromatic rings. The highest BCUT2D eigenvalue weighted by molar-refractivity contribution is 8.07. The maximum Gasteiger partial charge on any atom is 0.404 e. The average molecular weight is 369 g/mol. The zero-order valence-corrected chi connectivity index (χ0v) is 15.5. The van der Waals surface area contributed by atoms with E-state index < -0.39 is 27.8 Å². The molecular formula is C17H24FN3O3S. The lowest BCUT2D eigenvalue weighted by atomic mass is 10.1. The van der Waals surface area contributed by atoms with Crippen LogP contribution in [0, 0.1) is 17.1 Å². The molecule has 1 heterocycles. The van der Waals surface area contributed by atoms with E-state index in [1.165, 1.54) is 12.1 Å². The predicted molar refractivity (Wildman–Crippen MR) is 97.0 cm³/mol. The zero-order chi connectivity index (χ0) is 18.8. The molecule has 6 nitrogen and oxygen atoms in total. The summed E-state index contributed by atoms with van der Waals surface area (Å²) in [5.74, 6) is -0.352. The topological polar surface area (TPSA) is 102 Å². The highest BCUT2D eigenvalue weighted by atomic mass is 32.2. The van der Waals surface area contributed by atoms with Gasteiger partial charge in [0.25, 0.3) is 0 Å². The smallest absolute Gasteiger partial charge is 0.404 e. The number of amides is 1. The number of nitrogens with one attached hydrogen (secondary N) is 1. The Hall–Kier alpha value is -1.80. The minimum Gasteiger partial charge on any atom is -0.610 e.